The second kappa shape index (κ2) is 7.09. The first-order valence-electron chi connectivity index (χ1n) is 6.92. The molecule has 0 saturated carbocycles. The van der Waals surface area contributed by atoms with E-state index in [0.29, 0.717) is 12.1 Å². The Bertz CT molecular complexity index is 589. The van der Waals surface area contributed by atoms with Gasteiger partial charge in [0.2, 0.25) is 0 Å². The van der Waals surface area contributed by atoms with E-state index in [-0.39, 0.29) is 11.9 Å². The van der Waals surface area contributed by atoms with Gasteiger partial charge in [0.15, 0.2) is 0 Å². The van der Waals surface area contributed by atoms with Crippen molar-refractivity contribution in [2.24, 2.45) is 0 Å². The Morgan fingerprint density at radius 1 is 1.19 bits per heavy atom. The quantitative estimate of drug-likeness (QED) is 0.883. The van der Waals surface area contributed by atoms with Crippen LogP contribution in [0.25, 0.3) is 0 Å². The number of anilines is 1. The smallest absolute Gasteiger partial charge is 0.128 e. The average molecular weight is 288 g/mol. The molecule has 0 radical (unpaired) electrons. The van der Waals surface area contributed by atoms with Crippen LogP contribution in [-0.4, -0.2) is 27.7 Å². The normalized spacial score (nSPS) is 12.0. The Hall–Kier alpha value is -2.07. The molecule has 1 N–H and O–H groups in total. The maximum absolute atomic E-state index is 13.9. The van der Waals surface area contributed by atoms with Gasteiger partial charge in [-0.25, -0.2) is 4.39 Å². The highest BCUT2D eigenvalue weighted by Gasteiger charge is 2.16. The van der Waals surface area contributed by atoms with Crippen molar-refractivity contribution >= 4 is 5.69 Å². The van der Waals surface area contributed by atoms with Crippen LogP contribution in [-0.2, 0) is 0 Å². The minimum Gasteiger partial charge on any atom is -0.497 e. The van der Waals surface area contributed by atoms with E-state index in [4.69, 9.17) is 4.74 Å². The standard InChI is InChI=1S/C17H21FN2O/c1-19-17(15-9-4-5-10-16(15)18)12-20(2)13-7-6-8-14(11-13)21-3/h4-11,17,19H,12H2,1-3H3. The van der Waals surface area contributed by atoms with Gasteiger partial charge < -0.3 is 15.0 Å². The number of rotatable bonds is 6. The minimum absolute atomic E-state index is 0.0811. The number of ether oxygens (including phenoxy) is 1. The highest BCUT2D eigenvalue weighted by atomic mass is 19.1. The number of likely N-dealkylation sites (N-methyl/N-ethyl adjacent to an activating group) is 2. The molecule has 1 atom stereocenters. The summed E-state index contributed by atoms with van der Waals surface area (Å²) in [6.45, 7) is 0.657. The van der Waals surface area contributed by atoms with Crippen molar-refractivity contribution in [3.05, 3.63) is 59.9 Å². The predicted octanol–water partition coefficient (Wildman–Crippen LogP) is 3.23. The Balaban J connectivity index is 2.16. The predicted molar refractivity (Wildman–Crippen MR) is 84.5 cm³/mol. The van der Waals surface area contributed by atoms with E-state index < -0.39 is 0 Å². The number of hydrogen-bond donors (Lipinski definition) is 1. The fourth-order valence-corrected chi connectivity index (χ4v) is 2.33. The topological polar surface area (TPSA) is 24.5 Å². The van der Waals surface area contributed by atoms with Crippen LogP contribution in [0.2, 0.25) is 0 Å². The van der Waals surface area contributed by atoms with Gasteiger partial charge in [-0.15, -0.1) is 0 Å². The molecular weight excluding hydrogens is 267 g/mol. The summed E-state index contributed by atoms with van der Waals surface area (Å²) in [6, 6.07) is 14.6. The van der Waals surface area contributed by atoms with Crippen LogP contribution in [0.4, 0.5) is 10.1 Å². The Kier molecular flexibility index (Phi) is 5.17. The molecule has 0 spiro atoms. The fourth-order valence-electron chi connectivity index (χ4n) is 2.33. The van der Waals surface area contributed by atoms with Crippen molar-refractivity contribution in [1.82, 2.24) is 5.32 Å². The Morgan fingerprint density at radius 3 is 2.62 bits per heavy atom. The molecule has 4 heteroatoms. The number of nitrogens with one attached hydrogen (secondary N) is 1. The molecule has 0 bridgehead atoms. The van der Waals surface area contributed by atoms with Crippen LogP contribution in [0.15, 0.2) is 48.5 Å². The number of halogens is 1. The molecule has 0 saturated heterocycles. The first kappa shape index (κ1) is 15.3. The maximum Gasteiger partial charge on any atom is 0.128 e. The van der Waals surface area contributed by atoms with Crippen LogP contribution < -0.4 is 15.0 Å². The summed E-state index contributed by atoms with van der Waals surface area (Å²) in [4.78, 5) is 2.08. The van der Waals surface area contributed by atoms with E-state index in [0.717, 1.165) is 11.4 Å². The first-order chi connectivity index (χ1) is 10.2. The molecule has 2 aromatic rings. The molecule has 3 nitrogen and oxygen atoms in total. The molecule has 1 unspecified atom stereocenters. The van der Waals surface area contributed by atoms with Gasteiger partial charge in [0, 0.05) is 30.9 Å². The van der Waals surface area contributed by atoms with Crippen molar-refractivity contribution < 1.29 is 9.13 Å². The lowest BCUT2D eigenvalue weighted by Gasteiger charge is -2.26. The second-order valence-corrected chi connectivity index (χ2v) is 4.94. The fraction of sp³-hybridized carbons (Fsp3) is 0.294. The molecule has 0 aromatic heterocycles. The van der Waals surface area contributed by atoms with Crippen LogP contribution in [0.1, 0.15) is 11.6 Å². The molecule has 0 fully saturated rings. The van der Waals surface area contributed by atoms with Crippen LogP contribution >= 0.6 is 0 Å². The Morgan fingerprint density at radius 2 is 1.95 bits per heavy atom. The van der Waals surface area contributed by atoms with Crippen molar-refractivity contribution in [1.29, 1.82) is 0 Å². The number of nitrogens with zero attached hydrogens (tertiary/aromatic N) is 1. The molecule has 0 aliphatic heterocycles. The van der Waals surface area contributed by atoms with Gasteiger partial charge in [-0.3, -0.25) is 0 Å². The largest absolute Gasteiger partial charge is 0.497 e. The highest BCUT2D eigenvalue weighted by Crippen LogP contribution is 2.23. The van der Waals surface area contributed by atoms with Crippen LogP contribution in [0.5, 0.6) is 5.75 Å². The van der Waals surface area contributed by atoms with Gasteiger partial charge in [-0.2, -0.15) is 0 Å². The third kappa shape index (κ3) is 3.73. The summed E-state index contributed by atoms with van der Waals surface area (Å²) in [5.41, 5.74) is 1.71. The van der Waals surface area contributed by atoms with Gasteiger partial charge in [0.25, 0.3) is 0 Å². The Labute approximate surface area is 125 Å². The van der Waals surface area contributed by atoms with E-state index >= 15 is 0 Å². The van der Waals surface area contributed by atoms with Crippen LogP contribution in [0, 0.1) is 5.82 Å². The molecule has 2 rings (SSSR count). The van der Waals surface area contributed by atoms with E-state index in [1.807, 2.05) is 50.5 Å². The minimum atomic E-state index is -0.184. The summed E-state index contributed by atoms with van der Waals surface area (Å²) in [5, 5.41) is 3.18. The van der Waals surface area contributed by atoms with Gasteiger partial charge in [-0.1, -0.05) is 24.3 Å². The van der Waals surface area contributed by atoms with Crippen molar-refractivity contribution in [2.75, 3.05) is 32.6 Å². The van der Waals surface area contributed by atoms with Gasteiger partial charge in [0.1, 0.15) is 11.6 Å². The van der Waals surface area contributed by atoms with Gasteiger partial charge in [0.05, 0.1) is 13.2 Å². The summed E-state index contributed by atoms with van der Waals surface area (Å²) < 4.78 is 19.2. The number of benzene rings is 2. The van der Waals surface area contributed by atoms with E-state index in [1.165, 1.54) is 6.07 Å². The molecule has 21 heavy (non-hydrogen) atoms. The molecule has 0 amide bonds. The van der Waals surface area contributed by atoms with Crippen molar-refractivity contribution in [3.63, 3.8) is 0 Å². The second-order valence-electron chi connectivity index (χ2n) is 4.94. The lowest BCUT2D eigenvalue weighted by Crippen LogP contribution is -2.31. The third-order valence-electron chi connectivity index (χ3n) is 3.58. The average Bonchev–Trinajstić information content (AvgIpc) is 2.53. The van der Waals surface area contributed by atoms with Crippen molar-refractivity contribution in [3.8, 4) is 5.75 Å². The van der Waals surface area contributed by atoms with Crippen molar-refractivity contribution in [2.45, 2.75) is 6.04 Å². The SMILES string of the molecule is CNC(CN(C)c1cccc(OC)c1)c1ccccc1F. The molecular formula is C17H21FN2O. The third-order valence-corrected chi connectivity index (χ3v) is 3.58. The summed E-state index contributed by atoms with van der Waals surface area (Å²) in [6.07, 6.45) is 0. The monoisotopic (exact) mass is 288 g/mol. The van der Waals surface area contributed by atoms with Crippen LogP contribution in [0.3, 0.4) is 0 Å². The highest BCUT2D eigenvalue weighted by molar-refractivity contribution is 5.50. The molecule has 0 aliphatic rings. The summed E-state index contributed by atoms with van der Waals surface area (Å²) in [5.74, 6) is 0.627. The van der Waals surface area contributed by atoms with Gasteiger partial charge in [-0.05, 0) is 25.2 Å². The maximum atomic E-state index is 13.9. The summed E-state index contributed by atoms with van der Waals surface area (Å²) in [7, 11) is 5.48. The zero-order chi connectivity index (χ0) is 15.2. The summed E-state index contributed by atoms with van der Waals surface area (Å²) >= 11 is 0. The first-order valence-corrected chi connectivity index (χ1v) is 6.92. The number of hydrogen-bond acceptors (Lipinski definition) is 3. The molecule has 2 aromatic carbocycles. The number of methoxy groups -OCH3 is 1. The van der Waals surface area contributed by atoms with Gasteiger partial charge >= 0.3 is 0 Å². The molecule has 0 heterocycles. The molecule has 0 aliphatic carbocycles. The zero-order valence-electron chi connectivity index (χ0n) is 12.6. The van der Waals surface area contributed by atoms with E-state index in [1.54, 1.807) is 13.2 Å². The van der Waals surface area contributed by atoms with E-state index in [9.17, 15) is 4.39 Å². The van der Waals surface area contributed by atoms with E-state index in [2.05, 4.69) is 10.2 Å². The molecule has 112 valence electrons. The lowest BCUT2D eigenvalue weighted by atomic mass is 10.1. The lowest BCUT2D eigenvalue weighted by molar-refractivity contribution is 0.414. The zero-order valence-corrected chi connectivity index (χ0v) is 12.6.